The lowest BCUT2D eigenvalue weighted by atomic mass is 9.95. The van der Waals surface area contributed by atoms with Crippen molar-refractivity contribution in [2.24, 2.45) is 0 Å². The predicted molar refractivity (Wildman–Crippen MR) is 87.9 cm³/mol. The molecule has 0 fully saturated rings. The molecule has 0 radical (unpaired) electrons. The second-order valence-electron chi connectivity index (χ2n) is 5.02. The fourth-order valence-corrected chi connectivity index (χ4v) is 2.37. The molecule has 0 aromatic heterocycles. The van der Waals surface area contributed by atoms with Crippen LogP contribution in [0, 0.1) is 0 Å². The number of amides is 2. The molecule has 0 spiro atoms. The van der Waals surface area contributed by atoms with Gasteiger partial charge in [0.15, 0.2) is 0 Å². The van der Waals surface area contributed by atoms with E-state index in [9.17, 15) is 9.59 Å². The van der Waals surface area contributed by atoms with Crippen molar-refractivity contribution in [1.29, 1.82) is 0 Å². The second kappa shape index (κ2) is 7.41. The zero-order chi connectivity index (χ0) is 15.9. The number of nitrogens with one attached hydrogen (secondary N) is 2. The van der Waals surface area contributed by atoms with Gasteiger partial charge in [0, 0.05) is 18.3 Å². The highest BCUT2D eigenvalue weighted by atomic mass is 16.2. The molecular weight excluding hydrogens is 276 g/mol. The highest BCUT2D eigenvalue weighted by Gasteiger charge is 2.18. The Morgan fingerprint density at radius 3 is 2.41 bits per heavy atom. The first-order valence-electron chi connectivity index (χ1n) is 7.33. The average molecular weight is 296 g/mol. The van der Waals surface area contributed by atoms with Gasteiger partial charge in [-0.15, -0.1) is 0 Å². The largest absolute Gasteiger partial charge is 0.355 e. The second-order valence-corrected chi connectivity index (χ2v) is 5.02. The maximum Gasteiger partial charge on any atom is 0.251 e. The zero-order valence-corrected chi connectivity index (χ0v) is 12.8. The Morgan fingerprint density at radius 2 is 1.77 bits per heavy atom. The summed E-state index contributed by atoms with van der Waals surface area (Å²) in [5.41, 5.74) is 2.14. The Bertz CT molecular complexity index is 653. The van der Waals surface area contributed by atoms with Gasteiger partial charge in [0.25, 0.3) is 5.91 Å². The van der Waals surface area contributed by atoms with Gasteiger partial charge >= 0.3 is 0 Å². The molecule has 4 heteroatoms. The molecule has 0 saturated carbocycles. The molecule has 2 amide bonds. The third-order valence-electron chi connectivity index (χ3n) is 3.55. The molecule has 2 N–H and O–H groups in total. The Morgan fingerprint density at radius 1 is 1.05 bits per heavy atom. The van der Waals surface area contributed by atoms with E-state index in [2.05, 4.69) is 10.6 Å². The number of hydrogen-bond acceptors (Lipinski definition) is 2. The third kappa shape index (κ3) is 3.73. The smallest absolute Gasteiger partial charge is 0.251 e. The summed E-state index contributed by atoms with van der Waals surface area (Å²) in [4.78, 5) is 24.1. The van der Waals surface area contributed by atoms with Crippen LogP contribution >= 0.6 is 0 Å². The summed E-state index contributed by atoms with van der Waals surface area (Å²) in [5, 5.41) is 5.46. The lowest BCUT2D eigenvalue weighted by molar-refractivity contribution is -0.117. The SMILES string of the molecule is CCC(C(=O)Nc1cccc(C(=O)NC)c1)c1ccccc1. The molecular formula is C18H20N2O2. The Hall–Kier alpha value is -2.62. The summed E-state index contributed by atoms with van der Waals surface area (Å²) >= 11 is 0. The number of hydrogen-bond donors (Lipinski definition) is 2. The van der Waals surface area contributed by atoms with Crippen molar-refractivity contribution in [3.05, 3.63) is 65.7 Å². The van der Waals surface area contributed by atoms with Crippen molar-refractivity contribution in [2.75, 3.05) is 12.4 Å². The molecule has 1 unspecified atom stereocenters. The van der Waals surface area contributed by atoms with Crippen LogP contribution in [0.5, 0.6) is 0 Å². The zero-order valence-electron chi connectivity index (χ0n) is 12.8. The van der Waals surface area contributed by atoms with Crippen LogP contribution < -0.4 is 10.6 Å². The van der Waals surface area contributed by atoms with E-state index in [0.717, 1.165) is 5.56 Å². The maximum absolute atomic E-state index is 12.5. The Kier molecular flexibility index (Phi) is 5.31. The van der Waals surface area contributed by atoms with Crippen molar-refractivity contribution in [1.82, 2.24) is 5.32 Å². The predicted octanol–water partition coefficient (Wildman–Crippen LogP) is 3.18. The van der Waals surface area contributed by atoms with Crippen molar-refractivity contribution in [2.45, 2.75) is 19.3 Å². The molecule has 0 bridgehead atoms. The topological polar surface area (TPSA) is 58.2 Å². The lowest BCUT2D eigenvalue weighted by Gasteiger charge is -2.15. The van der Waals surface area contributed by atoms with Crippen LogP contribution in [0.2, 0.25) is 0 Å². The van der Waals surface area contributed by atoms with Gasteiger partial charge in [0.05, 0.1) is 5.92 Å². The van der Waals surface area contributed by atoms with E-state index in [1.54, 1.807) is 31.3 Å². The molecule has 22 heavy (non-hydrogen) atoms. The normalized spacial score (nSPS) is 11.5. The van der Waals surface area contributed by atoms with E-state index in [4.69, 9.17) is 0 Å². The number of carbonyl (C=O) groups is 2. The van der Waals surface area contributed by atoms with Gasteiger partial charge in [0.1, 0.15) is 0 Å². The van der Waals surface area contributed by atoms with Crippen LogP contribution in [-0.4, -0.2) is 18.9 Å². The molecule has 0 aliphatic heterocycles. The van der Waals surface area contributed by atoms with E-state index in [0.29, 0.717) is 17.7 Å². The first kappa shape index (κ1) is 15.8. The van der Waals surface area contributed by atoms with Crippen LogP contribution in [-0.2, 0) is 4.79 Å². The summed E-state index contributed by atoms with van der Waals surface area (Å²) in [6.07, 6.45) is 0.713. The van der Waals surface area contributed by atoms with E-state index >= 15 is 0 Å². The van der Waals surface area contributed by atoms with Gasteiger partial charge in [-0.25, -0.2) is 0 Å². The molecule has 4 nitrogen and oxygen atoms in total. The number of benzene rings is 2. The summed E-state index contributed by atoms with van der Waals surface area (Å²) in [6.45, 7) is 1.98. The molecule has 1 atom stereocenters. The summed E-state index contributed by atoms with van der Waals surface area (Å²) in [5.74, 6) is -0.446. The Labute approximate surface area is 130 Å². The van der Waals surface area contributed by atoms with E-state index < -0.39 is 0 Å². The van der Waals surface area contributed by atoms with Crippen LogP contribution in [0.25, 0.3) is 0 Å². The minimum atomic E-state index is -0.204. The fourth-order valence-electron chi connectivity index (χ4n) is 2.37. The summed E-state index contributed by atoms with van der Waals surface area (Å²) in [6, 6.07) is 16.6. The standard InChI is InChI=1S/C18H20N2O2/c1-3-16(13-8-5-4-6-9-13)18(22)20-15-11-7-10-14(12-15)17(21)19-2/h4-12,16H,3H2,1-2H3,(H,19,21)(H,20,22). The van der Waals surface area contributed by atoms with Crippen LogP contribution in [0.3, 0.4) is 0 Å². The van der Waals surface area contributed by atoms with Gasteiger partial charge in [0.2, 0.25) is 5.91 Å². The highest BCUT2D eigenvalue weighted by Crippen LogP contribution is 2.21. The summed E-state index contributed by atoms with van der Waals surface area (Å²) in [7, 11) is 1.58. The van der Waals surface area contributed by atoms with Crippen molar-refractivity contribution >= 4 is 17.5 Å². The lowest BCUT2D eigenvalue weighted by Crippen LogP contribution is -2.21. The quantitative estimate of drug-likeness (QED) is 0.890. The molecule has 114 valence electrons. The van der Waals surface area contributed by atoms with E-state index in [1.165, 1.54) is 0 Å². The molecule has 0 aliphatic rings. The number of carbonyl (C=O) groups excluding carboxylic acids is 2. The van der Waals surface area contributed by atoms with Crippen molar-refractivity contribution < 1.29 is 9.59 Å². The fraction of sp³-hybridized carbons (Fsp3) is 0.222. The monoisotopic (exact) mass is 296 g/mol. The van der Waals surface area contributed by atoms with Gasteiger partial charge < -0.3 is 10.6 Å². The van der Waals surface area contributed by atoms with E-state index in [1.807, 2.05) is 37.3 Å². The average Bonchev–Trinajstić information content (AvgIpc) is 2.56. The minimum Gasteiger partial charge on any atom is -0.355 e. The molecule has 0 aliphatic carbocycles. The molecule has 0 saturated heterocycles. The highest BCUT2D eigenvalue weighted by molar-refractivity contribution is 5.98. The molecule has 0 heterocycles. The molecule has 2 aromatic rings. The Balaban J connectivity index is 2.16. The molecule has 2 aromatic carbocycles. The summed E-state index contributed by atoms with van der Waals surface area (Å²) < 4.78 is 0. The van der Waals surface area contributed by atoms with Gasteiger partial charge in [-0.3, -0.25) is 9.59 Å². The minimum absolute atomic E-state index is 0.0669. The van der Waals surface area contributed by atoms with Crippen LogP contribution in [0.15, 0.2) is 54.6 Å². The van der Waals surface area contributed by atoms with Crippen molar-refractivity contribution in [3.63, 3.8) is 0 Å². The van der Waals surface area contributed by atoms with E-state index in [-0.39, 0.29) is 17.7 Å². The third-order valence-corrected chi connectivity index (χ3v) is 3.55. The van der Waals surface area contributed by atoms with Crippen LogP contribution in [0.1, 0.15) is 35.2 Å². The maximum atomic E-state index is 12.5. The van der Waals surface area contributed by atoms with Crippen molar-refractivity contribution in [3.8, 4) is 0 Å². The van der Waals surface area contributed by atoms with Gasteiger partial charge in [-0.1, -0.05) is 43.3 Å². The first-order valence-corrected chi connectivity index (χ1v) is 7.33. The van der Waals surface area contributed by atoms with Gasteiger partial charge in [-0.05, 0) is 30.2 Å². The first-order chi connectivity index (χ1) is 10.7. The van der Waals surface area contributed by atoms with Gasteiger partial charge in [-0.2, -0.15) is 0 Å². The van der Waals surface area contributed by atoms with Crippen LogP contribution in [0.4, 0.5) is 5.69 Å². The molecule has 2 rings (SSSR count). The number of rotatable bonds is 5. The number of anilines is 1.